The lowest BCUT2D eigenvalue weighted by Gasteiger charge is -2.32. The summed E-state index contributed by atoms with van der Waals surface area (Å²) in [6, 6.07) is 4.94. The molecule has 1 aromatic carbocycles. The number of hydrogen-bond acceptors (Lipinski definition) is 12. The third-order valence-electron chi connectivity index (χ3n) is 6.60. The van der Waals surface area contributed by atoms with Gasteiger partial charge in [-0.3, -0.25) is 9.09 Å². The van der Waals surface area contributed by atoms with Gasteiger partial charge in [-0.05, 0) is 32.4 Å². The highest BCUT2D eigenvalue weighted by molar-refractivity contribution is 7.34. The maximum atomic E-state index is 15.9. The normalized spacial score (nSPS) is 25.9. The van der Waals surface area contributed by atoms with Gasteiger partial charge in [0, 0.05) is 13.1 Å². The summed E-state index contributed by atoms with van der Waals surface area (Å²) in [6.45, 7) is 3.77. The van der Waals surface area contributed by atoms with E-state index in [1.54, 1.807) is 12.1 Å². The van der Waals surface area contributed by atoms with Crippen molar-refractivity contribution >= 4 is 37.1 Å². The summed E-state index contributed by atoms with van der Waals surface area (Å²) >= 11 is 0. The maximum absolute atomic E-state index is 15.9. The fourth-order valence-electron chi connectivity index (χ4n) is 4.30. The number of anilines is 2. The summed E-state index contributed by atoms with van der Waals surface area (Å²) in [6.07, 6.45) is -1.63. The van der Waals surface area contributed by atoms with E-state index in [4.69, 9.17) is 24.8 Å². The van der Waals surface area contributed by atoms with E-state index in [9.17, 15) is 14.8 Å². The van der Waals surface area contributed by atoms with Crippen LogP contribution < -0.4 is 24.8 Å². The summed E-state index contributed by atoms with van der Waals surface area (Å²) in [5, 5.41) is 19.8. The highest BCUT2D eigenvalue weighted by Crippen LogP contribution is 2.43. The van der Waals surface area contributed by atoms with E-state index in [1.165, 1.54) is 36.9 Å². The molecule has 2 aliphatic rings. The molecule has 4 N–H and O–H groups in total. The fourth-order valence-corrected chi connectivity index (χ4v) is 5.05. The minimum Gasteiger partial charge on any atom is -0.575 e. The van der Waals surface area contributed by atoms with Gasteiger partial charge in [0.2, 0.25) is 11.7 Å². The predicted octanol–water partition coefficient (Wildman–Crippen LogP) is 1.39. The van der Waals surface area contributed by atoms with Gasteiger partial charge >= 0.3 is 14.1 Å². The van der Waals surface area contributed by atoms with Gasteiger partial charge in [0.05, 0.1) is 6.33 Å². The summed E-state index contributed by atoms with van der Waals surface area (Å²) in [5.41, 5.74) is 4.39. The number of imidazole rings is 1. The monoisotopic (exact) mass is 563 g/mol. The number of alkyl halides is 1. The number of nitrogens with zero attached hydrogens (tertiary/aromatic N) is 6. The minimum atomic E-state index is -2.71. The highest BCUT2D eigenvalue weighted by Gasteiger charge is 2.55. The zero-order valence-electron chi connectivity index (χ0n) is 21.0. The lowest BCUT2D eigenvalue weighted by molar-refractivity contribution is -0.169. The molecule has 3 aromatic rings. The van der Waals surface area contributed by atoms with Gasteiger partial charge in [0.1, 0.15) is 18.8 Å². The number of fused-ring (bicyclic) bond motifs is 1. The average Bonchev–Trinajstić information content (AvgIpc) is 3.35. The molecule has 14 nitrogen and oxygen atoms in total. The van der Waals surface area contributed by atoms with Gasteiger partial charge < -0.3 is 35.2 Å². The number of aliphatic hydroxyl groups is 1. The molecule has 0 bridgehead atoms. The molecule has 0 aliphatic carbocycles. The van der Waals surface area contributed by atoms with Gasteiger partial charge in [0.15, 0.2) is 40.7 Å². The van der Waals surface area contributed by atoms with Gasteiger partial charge in [-0.25, -0.2) is 14.2 Å². The molecule has 0 radical (unpaired) electrons. The van der Waals surface area contributed by atoms with Gasteiger partial charge in [-0.15, -0.1) is 0 Å². The number of carboxylic acid groups (broad SMARTS) is 1. The van der Waals surface area contributed by atoms with Crippen molar-refractivity contribution < 1.29 is 38.3 Å². The van der Waals surface area contributed by atoms with Crippen molar-refractivity contribution in [2.24, 2.45) is 4.74 Å². The molecule has 0 amide bonds. The lowest BCUT2D eigenvalue weighted by atomic mass is 9.98. The predicted molar refractivity (Wildman–Crippen MR) is 135 cm³/mol. The quantitative estimate of drug-likeness (QED) is 0.317. The zero-order valence-corrected chi connectivity index (χ0v) is 21.9. The number of ether oxygens (including phenoxy) is 2. The maximum Gasteiger partial charge on any atom is 0.395 e. The van der Waals surface area contributed by atoms with Crippen LogP contribution in [-0.4, -0.2) is 79.3 Å². The number of aliphatic hydroxyl groups excluding tert-OH is 1. The second-order valence-electron chi connectivity index (χ2n) is 9.41. The number of aliphatic carboxylic acids is 1. The highest BCUT2D eigenvalue weighted by atomic mass is 31.1. The van der Waals surface area contributed by atoms with Crippen LogP contribution in [0, 0.1) is 0 Å². The van der Waals surface area contributed by atoms with E-state index in [0.29, 0.717) is 11.3 Å². The van der Waals surface area contributed by atoms with Crippen molar-refractivity contribution in [1.82, 2.24) is 19.5 Å². The Hall–Kier alpha value is -3.65. The van der Waals surface area contributed by atoms with Crippen LogP contribution in [0.4, 0.5) is 16.2 Å². The van der Waals surface area contributed by atoms with Crippen LogP contribution in [-0.2, 0) is 9.53 Å². The summed E-state index contributed by atoms with van der Waals surface area (Å²) in [7, 11) is -2.71. The molecule has 5 rings (SSSR count). The zero-order chi connectivity index (χ0) is 27.9. The van der Waals surface area contributed by atoms with Crippen LogP contribution >= 0.6 is 8.17 Å². The molecule has 208 valence electrons. The van der Waals surface area contributed by atoms with Crippen molar-refractivity contribution in [3.05, 3.63) is 30.6 Å². The summed E-state index contributed by atoms with van der Waals surface area (Å²) < 4.78 is 37.8. The molecule has 2 aliphatic heterocycles. The molecule has 39 heavy (non-hydrogen) atoms. The number of carbonyl (C=O) groups is 1. The molecular weight excluding hydrogens is 536 g/mol. The number of halogens is 1. The molecule has 2 fully saturated rings. The first-order valence-corrected chi connectivity index (χ1v) is 13.3. The van der Waals surface area contributed by atoms with Crippen LogP contribution in [0.2, 0.25) is 0 Å². The summed E-state index contributed by atoms with van der Waals surface area (Å²) in [4.78, 5) is 38.0. The SMILES string of the molecule is C[C@H](N=[P+]([O-])Oc1ccccc1OC[C@H]1O[C@@H](n2cnc3c(N4CCC4)nc(N)nc32)[C@](C)(F)[C@@H]1O)C(=O)O. The Labute approximate surface area is 222 Å². The Balaban J connectivity index is 1.34. The molecule has 0 saturated carbocycles. The van der Waals surface area contributed by atoms with Crippen molar-refractivity contribution in [1.29, 1.82) is 0 Å². The standard InChI is InChI=1S/C23H27FN7O7P/c1-12(20(33)34)29-39(35)38-14-7-4-3-6-13(14)36-10-15-17(32)23(2,24)21(37-15)31-11-26-16-18(30-8-5-9-30)27-22(25)28-19(16)31/h3-4,6-7,11-12,15,17,21,32H,5,8-10H2,1-2H3,(H,33,34)(H2,25,27,28)/t12-,15+,17+,21+,23+/m0/s1. The third-order valence-corrected chi connectivity index (χ3v) is 7.49. The van der Waals surface area contributed by atoms with E-state index < -0.39 is 44.3 Å². The van der Waals surface area contributed by atoms with Crippen LogP contribution in [0.15, 0.2) is 35.3 Å². The lowest BCUT2D eigenvalue weighted by Crippen LogP contribution is -2.41. The number of benzene rings is 1. The topological polar surface area (TPSA) is 194 Å². The van der Waals surface area contributed by atoms with Crippen LogP contribution in [0.25, 0.3) is 11.2 Å². The third kappa shape index (κ3) is 5.17. The Morgan fingerprint density at radius 3 is 2.77 bits per heavy atom. The number of aromatic nitrogens is 4. The Bertz CT molecular complexity index is 1420. The molecule has 0 spiro atoms. The van der Waals surface area contributed by atoms with E-state index in [0.717, 1.165) is 19.5 Å². The molecule has 2 saturated heterocycles. The van der Waals surface area contributed by atoms with Crippen molar-refractivity contribution in [3.8, 4) is 11.5 Å². The molecule has 6 atom stereocenters. The molecule has 16 heteroatoms. The van der Waals surface area contributed by atoms with Crippen molar-refractivity contribution in [2.75, 3.05) is 30.3 Å². The Kier molecular flexibility index (Phi) is 7.25. The second kappa shape index (κ2) is 10.5. The minimum absolute atomic E-state index is 0.00423. The van der Waals surface area contributed by atoms with Gasteiger partial charge in [-0.1, -0.05) is 16.9 Å². The summed E-state index contributed by atoms with van der Waals surface area (Å²) in [5.74, 6) is -0.547. The number of nitrogen functional groups attached to an aromatic ring is 1. The van der Waals surface area contributed by atoms with Crippen molar-refractivity contribution in [2.45, 2.75) is 50.4 Å². The Morgan fingerprint density at radius 1 is 1.38 bits per heavy atom. The van der Waals surface area contributed by atoms with Crippen LogP contribution in [0.1, 0.15) is 26.5 Å². The number of nitrogens with two attached hydrogens (primary N) is 1. The molecule has 4 heterocycles. The van der Waals surface area contributed by atoms with Gasteiger partial charge in [0.25, 0.3) is 0 Å². The Morgan fingerprint density at radius 2 is 2.10 bits per heavy atom. The first kappa shape index (κ1) is 26.9. The molecular formula is C23H27FN7O7P. The van der Waals surface area contributed by atoms with E-state index in [1.807, 2.05) is 4.90 Å². The van der Waals surface area contributed by atoms with Crippen LogP contribution in [0.5, 0.6) is 11.5 Å². The number of para-hydroxylation sites is 2. The first-order chi connectivity index (χ1) is 18.6. The number of hydrogen-bond donors (Lipinski definition) is 3. The molecule has 1 unspecified atom stereocenters. The average molecular weight is 563 g/mol. The second-order valence-corrected chi connectivity index (χ2v) is 10.3. The largest absolute Gasteiger partial charge is 0.575 e. The number of rotatable bonds is 9. The van der Waals surface area contributed by atoms with E-state index >= 15 is 4.39 Å². The fraction of sp³-hybridized carbons (Fsp3) is 0.478. The smallest absolute Gasteiger partial charge is 0.395 e. The molecule has 2 aromatic heterocycles. The van der Waals surface area contributed by atoms with Gasteiger partial charge in [-0.2, -0.15) is 9.97 Å². The van der Waals surface area contributed by atoms with Crippen LogP contribution in [0.3, 0.4) is 0 Å². The van der Waals surface area contributed by atoms with E-state index in [-0.39, 0.29) is 29.7 Å². The number of carboxylic acids is 1. The first-order valence-electron chi connectivity index (χ1n) is 12.1. The van der Waals surface area contributed by atoms with E-state index in [2.05, 4.69) is 19.7 Å². The van der Waals surface area contributed by atoms with Crippen molar-refractivity contribution in [3.63, 3.8) is 0 Å².